The summed E-state index contributed by atoms with van der Waals surface area (Å²) in [6.07, 6.45) is -0.285. The smallest absolute Gasteiger partial charge is 0.266 e. The van der Waals surface area contributed by atoms with Crippen molar-refractivity contribution in [2.24, 2.45) is 0 Å². The number of nitrogens with one attached hydrogen (secondary N) is 1. The lowest BCUT2D eigenvalue weighted by Crippen LogP contribution is -2.29. The van der Waals surface area contributed by atoms with Crippen LogP contribution in [-0.2, 0) is 4.79 Å². The molecule has 27 heavy (non-hydrogen) atoms. The third-order valence-electron chi connectivity index (χ3n) is 4.40. The Morgan fingerprint density at radius 3 is 2.44 bits per heavy atom. The Bertz CT molecular complexity index is 1160. The Balaban J connectivity index is 1.69. The number of nitriles is 1. The van der Waals surface area contributed by atoms with E-state index in [9.17, 15) is 14.4 Å². The van der Waals surface area contributed by atoms with Crippen molar-refractivity contribution in [3.63, 3.8) is 0 Å². The number of carbonyl (C=O) groups excluding carboxylic acids is 3. The van der Waals surface area contributed by atoms with E-state index in [1.165, 1.54) is 12.1 Å². The molecule has 0 unspecified atom stereocenters. The van der Waals surface area contributed by atoms with Gasteiger partial charge in [-0.15, -0.1) is 0 Å². The highest BCUT2D eigenvalue weighted by atomic mass is 16.2. The molecule has 1 aliphatic heterocycles. The van der Waals surface area contributed by atoms with Crippen LogP contribution >= 0.6 is 0 Å². The minimum atomic E-state index is -0.472. The molecule has 0 aliphatic carbocycles. The van der Waals surface area contributed by atoms with Crippen LogP contribution in [0.5, 0.6) is 0 Å². The van der Waals surface area contributed by atoms with Gasteiger partial charge in [0, 0.05) is 5.69 Å². The minimum absolute atomic E-state index is 0.225. The van der Waals surface area contributed by atoms with Crippen LogP contribution in [0.2, 0.25) is 0 Å². The first-order chi connectivity index (χ1) is 13.1. The second-order valence-electron chi connectivity index (χ2n) is 6.12. The third-order valence-corrected chi connectivity index (χ3v) is 4.40. The van der Waals surface area contributed by atoms with Gasteiger partial charge >= 0.3 is 0 Å². The summed E-state index contributed by atoms with van der Waals surface area (Å²) >= 11 is 0. The quantitative estimate of drug-likeness (QED) is 0.728. The molecule has 1 N–H and O–H groups in total. The molecule has 0 fully saturated rings. The Labute approximate surface area is 154 Å². The fourth-order valence-electron chi connectivity index (χ4n) is 3.15. The van der Waals surface area contributed by atoms with Crippen molar-refractivity contribution in [1.82, 2.24) is 0 Å². The van der Waals surface area contributed by atoms with Crippen molar-refractivity contribution in [3.05, 3.63) is 71.8 Å². The molecule has 3 aromatic carbocycles. The highest BCUT2D eigenvalue weighted by molar-refractivity contribution is 6.35. The number of amides is 3. The van der Waals surface area contributed by atoms with Gasteiger partial charge in [0.15, 0.2) is 0 Å². The van der Waals surface area contributed by atoms with Crippen LogP contribution in [0.4, 0.5) is 11.4 Å². The van der Waals surface area contributed by atoms with Crippen molar-refractivity contribution in [3.8, 4) is 6.07 Å². The predicted molar refractivity (Wildman–Crippen MR) is 100 cm³/mol. The number of rotatable bonds is 3. The summed E-state index contributed by atoms with van der Waals surface area (Å²) in [5.41, 5.74) is 1.37. The predicted octanol–water partition coefficient (Wildman–Crippen LogP) is 3.49. The lowest BCUT2D eigenvalue weighted by Gasteiger charge is -2.14. The Morgan fingerprint density at radius 1 is 0.926 bits per heavy atom. The molecule has 0 saturated heterocycles. The molecular weight excluding hydrogens is 342 g/mol. The molecule has 0 aromatic heterocycles. The van der Waals surface area contributed by atoms with Crippen LogP contribution < -0.4 is 10.2 Å². The van der Waals surface area contributed by atoms with E-state index in [-0.39, 0.29) is 17.5 Å². The number of fused-ring (bicyclic) bond motifs is 2. The van der Waals surface area contributed by atoms with Crippen molar-refractivity contribution in [2.45, 2.75) is 6.42 Å². The molecule has 4 rings (SSSR count). The highest BCUT2D eigenvalue weighted by Gasteiger charge is 2.36. The first-order valence-corrected chi connectivity index (χ1v) is 8.27. The van der Waals surface area contributed by atoms with E-state index < -0.39 is 17.7 Å². The number of nitrogens with zero attached hydrogens (tertiary/aromatic N) is 2. The summed E-state index contributed by atoms with van der Waals surface area (Å²) in [5, 5.41) is 13.1. The second-order valence-corrected chi connectivity index (χ2v) is 6.12. The highest BCUT2D eigenvalue weighted by Crippen LogP contribution is 2.32. The zero-order valence-electron chi connectivity index (χ0n) is 14.1. The minimum Gasteiger partial charge on any atom is -0.325 e. The Hall–Kier alpha value is -3.98. The molecule has 0 spiro atoms. The van der Waals surface area contributed by atoms with Gasteiger partial charge in [-0.1, -0.05) is 30.3 Å². The third kappa shape index (κ3) is 2.81. The van der Waals surface area contributed by atoms with Gasteiger partial charge in [0.1, 0.15) is 6.42 Å². The van der Waals surface area contributed by atoms with Gasteiger partial charge < -0.3 is 5.32 Å². The summed E-state index contributed by atoms with van der Waals surface area (Å²) < 4.78 is 0. The van der Waals surface area contributed by atoms with Crippen LogP contribution in [0, 0.1) is 11.3 Å². The van der Waals surface area contributed by atoms with Crippen molar-refractivity contribution < 1.29 is 14.4 Å². The molecule has 1 aliphatic rings. The molecule has 3 aromatic rings. The number of hydrogen-bond acceptors (Lipinski definition) is 4. The van der Waals surface area contributed by atoms with E-state index in [2.05, 4.69) is 5.32 Å². The van der Waals surface area contributed by atoms with Gasteiger partial charge in [-0.2, -0.15) is 5.26 Å². The van der Waals surface area contributed by atoms with Crippen molar-refractivity contribution >= 4 is 39.9 Å². The Morgan fingerprint density at radius 2 is 1.67 bits per heavy atom. The van der Waals surface area contributed by atoms with Crippen molar-refractivity contribution in [1.29, 1.82) is 5.26 Å². The number of carbonyl (C=O) groups is 3. The van der Waals surface area contributed by atoms with Crippen LogP contribution in [0.15, 0.2) is 60.7 Å². The van der Waals surface area contributed by atoms with E-state index in [4.69, 9.17) is 5.26 Å². The SMILES string of the molecule is N#CCC(=O)Nc1ccc2c(c1)C(=O)N(c1ccc3ccccc3c1)C2=O. The average Bonchev–Trinajstić information content (AvgIpc) is 2.92. The normalized spacial score (nSPS) is 12.8. The molecular formula is C21H13N3O3. The van der Waals surface area contributed by atoms with Crippen LogP contribution in [0.1, 0.15) is 27.1 Å². The van der Waals surface area contributed by atoms with Gasteiger partial charge in [-0.05, 0) is 41.1 Å². The van der Waals surface area contributed by atoms with Gasteiger partial charge in [0.05, 0.1) is 22.9 Å². The summed E-state index contributed by atoms with van der Waals surface area (Å²) in [4.78, 5) is 38.3. The fraction of sp³-hybridized carbons (Fsp3) is 0.0476. The lowest BCUT2D eigenvalue weighted by molar-refractivity contribution is -0.115. The molecule has 0 saturated carbocycles. The van der Waals surface area contributed by atoms with E-state index >= 15 is 0 Å². The zero-order chi connectivity index (χ0) is 19.0. The van der Waals surface area contributed by atoms with Crippen LogP contribution in [-0.4, -0.2) is 17.7 Å². The number of imide groups is 1. The summed E-state index contributed by atoms with van der Waals surface area (Å²) in [5.74, 6) is -1.32. The number of hydrogen-bond donors (Lipinski definition) is 1. The first-order valence-electron chi connectivity index (χ1n) is 8.27. The van der Waals surface area contributed by atoms with Gasteiger partial charge in [0.25, 0.3) is 11.8 Å². The van der Waals surface area contributed by atoms with Gasteiger partial charge in [-0.3, -0.25) is 14.4 Å². The van der Waals surface area contributed by atoms with E-state index in [1.807, 2.05) is 30.3 Å². The average molecular weight is 355 g/mol. The first kappa shape index (κ1) is 16.5. The van der Waals surface area contributed by atoms with Crippen molar-refractivity contribution in [2.75, 3.05) is 10.2 Å². The van der Waals surface area contributed by atoms with Crippen LogP contribution in [0.3, 0.4) is 0 Å². The van der Waals surface area contributed by atoms with E-state index in [0.29, 0.717) is 11.4 Å². The van der Waals surface area contributed by atoms with E-state index in [1.54, 1.807) is 24.3 Å². The molecule has 3 amide bonds. The topological polar surface area (TPSA) is 90.3 Å². The summed E-state index contributed by atoms with van der Waals surface area (Å²) in [6.45, 7) is 0. The molecule has 130 valence electrons. The second kappa shape index (κ2) is 6.39. The molecule has 0 atom stereocenters. The Kier molecular flexibility index (Phi) is 3.90. The molecule has 1 heterocycles. The largest absolute Gasteiger partial charge is 0.325 e. The maximum Gasteiger partial charge on any atom is 0.266 e. The molecule has 0 radical (unpaired) electrons. The zero-order valence-corrected chi connectivity index (χ0v) is 14.1. The van der Waals surface area contributed by atoms with Gasteiger partial charge in [0.2, 0.25) is 5.91 Å². The number of anilines is 2. The maximum absolute atomic E-state index is 12.8. The fourth-order valence-corrected chi connectivity index (χ4v) is 3.15. The monoisotopic (exact) mass is 355 g/mol. The molecule has 6 nitrogen and oxygen atoms in total. The molecule has 0 bridgehead atoms. The summed E-state index contributed by atoms with van der Waals surface area (Å²) in [7, 11) is 0. The van der Waals surface area contributed by atoms with Gasteiger partial charge in [-0.25, -0.2) is 4.90 Å². The standard InChI is InChI=1S/C21H13N3O3/c22-10-9-19(25)23-15-6-8-17-18(12-15)21(27)24(20(17)26)16-7-5-13-3-1-2-4-14(13)11-16/h1-8,11-12H,9H2,(H,23,25). The number of benzene rings is 3. The molecule has 6 heteroatoms. The van der Waals surface area contributed by atoms with E-state index in [0.717, 1.165) is 15.7 Å². The van der Waals surface area contributed by atoms with Crippen LogP contribution in [0.25, 0.3) is 10.8 Å². The maximum atomic E-state index is 12.8. The summed E-state index contributed by atoms with van der Waals surface area (Å²) in [6, 6.07) is 19.4. The lowest BCUT2D eigenvalue weighted by atomic mass is 10.1.